The van der Waals surface area contributed by atoms with E-state index < -0.39 is 0 Å². The van der Waals surface area contributed by atoms with Gasteiger partial charge in [0.15, 0.2) is 0 Å². The third kappa shape index (κ3) is 6.88. The Morgan fingerprint density at radius 1 is 1.08 bits per heavy atom. The van der Waals surface area contributed by atoms with Crippen molar-refractivity contribution in [2.24, 2.45) is 5.92 Å². The molecule has 26 heavy (non-hydrogen) atoms. The summed E-state index contributed by atoms with van der Waals surface area (Å²) in [4.78, 5) is 26.9. The molecule has 0 radical (unpaired) electrons. The summed E-state index contributed by atoms with van der Waals surface area (Å²) in [7, 11) is 0. The molecule has 2 aliphatic rings. The first-order valence-corrected chi connectivity index (χ1v) is 10.4. The normalized spacial score (nSPS) is 21.1. The van der Waals surface area contributed by atoms with Crippen LogP contribution in [0.5, 0.6) is 0 Å². The van der Waals surface area contributed by atoms with E-state index in [9.17, 15) is 9.59 Å². The van der Waals surface area contributed by atoms with E-state index >= 15 is 0 Å². The van der Waals surface area contributed by atoms with Gasteiger partial charge in [0.2, 0.25) is 11.8 Å². The van der Waals surface area contributed by atoms with Gasteiger partial charge in [-0.1, -0.05) is 12.8 Å². The highest BCUT2D eigenvalue weighted by molar-refractivity contribution is 5.82. The van der Waals surface area contributed by atoms with Crippen molar-refractivity contribution in [1.29, 1.82) is 0 Å². The number of nitrogens with zero attached hydrogens (tertiary/aromatic N) is 1. The smallest absolute Gasteiger partial charge is 0.237 e. The van der Waals surface area contributed by atoms with Crippen LogP contribution in [-0.4, -0.2) is 61.1 Å². The average molecular weight is 368 g/mol. The van der Waals surface area contributed by atoms with Crippen molar-refractivity contribution in [2.75, 3.05) is 26.2 Å². The molecule has 2 amide bonds. The Morgan fingerprint density at radius 2 is 1.73 bits per heavy atom. The van der Waals surface area contributed by atoms with Crippen LogP contribution >= 0.6 is 0 Å². The minimum Gasteiger partial charge on any atom is -0.379 e. The number of piperidine rings is 1. The SMILES string of the molecule is CC(C)OCCCNC(=O)C1CCN(C(C)C(=O)NC2CCCC2)CC1. The molecule has 2 fully saturated rings. The second-order valence-corrected chi connectivity index (χ2v) is 8.04. The zero-order valence-electron chi connectivity index (χ0n) is 16.8. The minimum absolute atomic E-state index is 0.0716. The Hall–Kier alpha value is -1.14. The molecule has 0 bridgehead atoms. The molecule has 0 aromatic carbocycles. The number of hydrogen-bond acceptors (Lipinski definition) is 4. The third-order valence-corrected chi connectivity index (χ3v) is 5.60. The highest BCUT2D eigenvalue weighted by atomic mass is 16.5. The zero-order valence-corrected chi connectivity index (χ0v) is 16.8. The third-order valence-electron chi connectivity index (χ3n) is 5.60. The predicted molar refractivity (Wildman–Crippen MR) is 103 cm³/mol. The lowest BCUT2D eigenvalue weighted by atomic mass is 9.95. The molecule has 2 rings (SSSR count). The van der Waals surface area contributed by atoms with E-state index in [1.165, 1.54) is 12.8 Å². The Bertz CT molecular complexity index is 442. The number of nitrogens with one attached hydrogen (secondary N) is 2. The molecule has 2 N–H and O–H groups in total. The minimum atomic E-state index is -0.104. The fourth-order valence-electron chi connectivity index (χ4n) is 3.85. The van der Waals surface area contributed by atoms with Crippen molar-refractivity contribution in [2.45, 2.75) is 83.9 Å². The number of ether oxygens (including phenoxy) is 1. The molecular weight excluding hydrogens is 330 g/mol. The maximum absolute atomic E-state index is 12.4. The fourth-order valence-corrected chi connectivity index (χ4v) is 3.85. The molecule has 1 aliphatic carbocycles. The highest BCUT2D eigenvalue weighted by Gasteiger charge is 2.30. The van der Waals surface area contributed by atoms with E-state index in [0.29, 0.717) is 19.2 Å². The van der Waals surface area contributed by atoms with Gasteiger partial charge in [-0.2, -0.15) is 0 Å². The van der Waals surface area contributed by atoms with Crippen LogP contribution in [0.1, 0.15) is 65.7 Å². The molecule has 0 aromatic heterocycles. The van der Waals surface area contributed by atoms with Gasteiger partial charge in [0.1, 0.15) is 0 Å². The summed E-state index contributed by atoms with van der Waals surface area (Å²) in [6.45, 7) is 9.00. The van der Waals surface area contributed by atoms with Gasteiger partial charge in [0, 0.05) is 25.1 Å². The molecule has 0 aromatic rings. The van der Waals surface area contributed by atoms with E-state index in [4.69, 9.17) is 4.74 Å². The number of hydrogen-bond donors (Lipinski definition) is 2. The van der Waals surface area contributed by atoms with Gasteiger partial charge in [-0.05, 0) is 66.0 Å². The molecule has 1 heterocycles. The molecule has 6 nitrogen and oxygen atoms in total. The molecule has 1 unspecified atom stereocenters. The Kier molecular flexibility index (Phi) is 8.85. The zero-order chi connectivity index (χ0) is 18.9. The summed E-state index contributed by atoms with van der Waals surface area (Å²) in [5.41, 5.74) is 0. The second-order valence-electron chi connectivity index (χ2n) is 8.04. The van der Waals surface area contributed by atoms with Crippen LogP contribution in [0.25, 0.3) is 0 Å². The lowest BCUT2D eigenvalue weighted by Gasteiger charge is -2.35. The van der Waals surface area contributed by atoms with E-state index in [2.05, 4.69) is 15.5 Å². The number of carbonyl (C=O) groups is 2. The van der Waals surface area contributed by atoms with Gasteiger partial charge in [-0.15, -0.1) is 0 Å². The average Bonchev–Trinajstić information content (AvgIpc) is 3.13. The summed E-state index contributed by atoms with van der Waals surface area (Å²) in [6.07, 6.45) is 7.42. The monoisotopic (exact) mass is 367 g/mol. The second kappa shape index (κ2) is 10.9. The van der Waals surface area contributed by atoms with Crippen LogP contribution in [0.4, 0.5) is 0 Å². The highest BCUT2D eigenvalue weighted by Crippen LogP contribution is 2.21. The van der Waals surface area contributed by atoms with Crippen LogP contribution in [0, 0.1) is 5.92 Å². The van der Waals surface area contributed by atoms with E-state index in [-0.39, 0.29) is 29.9 Å². The first kappa shape index (κ1) is 21.2. The first-order valence-electron chi connectivity index (χ1n) is 10.4. The van der Waals surface area contributed by atoms with Gasteiger partial charge in [0.25, 0.3) is 0 Å². The number of likely N-dealkylation sites (tertiary alicyclic amines) is 1. The Labute approximate surface area is 158 Å². The fraction of sp³-hybridized carbons (Fsp3) is 0.900. The van der Waals surface area contributed by atoms with E-state index in [0.717, 1.165) is 45.2 Å². The molecule has 6 heteroatoms. The summed E-state index contributed by atoms with van der Waals surface area (Å²) < 4.78 is 5.48. The predicted octanol–water partition coefficient (Wildman–Crippen LogP) is 2.08. The first-order chi connectivity index (χ1) is 12.5. The largest absolute Gasteiger partial charge is 0.379 e. The molecule has 1 atom stereocenters. The molecule has 1 aliphatic heterocycles. The van der Waals surface area contributed by atoms with Crippen LogP contribution in [0.3, 0.4) is 0 Å². The van der Waals surface area contributed by atoms with Crippen LogP contribution in [-0.2, 0) is 14.3 Å². The summed E-state index contributed by atoms with van der Waals surface area (Å²) >= 11 is 0. The maximum Gasteiger partial charge on any atom is 0.237 e. The Balaban J connectivity index is 1.62. The van der Waals surface area contributed by atoms with Crippen LogP contribution in [0.15, 0.2) is 0 Å². The van der Waals surface area contributed by atoms with Crippen LogP contribution in [0.2, 0.25) is 0 Å². The van der Waals surface area contributed by atoms with Gasteiger partial charge < -0.3 is 15.4 Å². The molecule has 150 valence electrons. The quantitative estimate of drug-likeness (QED) is 0.612. The van der Waals surface area contributed by atoms with Crippen molar-refractivity contribution in [3.05, 3.63) is 0 Å². The van der Waals surface area contributed by atoms with Crippen molar-refractivity contribution in [1.82, 2.24) is 15.5 Å². The number of carbonyl (C=O) groups excluding carboxylic acids is 2. The van der Waals surface area contributed by atoms with Gasteiger partial charge >= 0.3 is 0 Å². The molecule has 1 saturated carbocycles. The van der Waals surface area contributed by atoms with E-state index in [1.807, 2.05) is 20.8 Å². The van der Waals surface area contributed by atoms with Crippen LogP contribution < -0.4 is 10.6 Å². The molecular formula is C20H37N3O3. The summed E-state index contributed by atoms with van der Waals surface area (Å²) in [5, 5.41) is 6.21. The lowest BCUT2D eigenvalue weighted by molar-refractivity contribution is -0.129. The standard InChI is InChI=1S/C20H37N3O3/c1-15(2)26-14-6-11-21-20(25)17-9-12-23(13-10-17)16(3)19(24)22-18-7-4-5-8-18/h15-18H,4-14H2,1-3H3,(H,21,25)(H,22,24). The van der Waals surface area contributed by atoms with Crippen molar-refractivity contribution < 1.29 is 14.3 Å². The Morgan fingerprint density at radius 3 is 2.35 bits per heavy atom. The maximum atomic E-state index is 12.4. The van der Waals surface area contributed by atoms with Gasteiger partial charge in [-0.25, -0.2) is 0 Å². The molecule has 0 spiro atoms. The van der Waals surface area contributed by atoms with Crippen molar-refractivity contribution in [3.8, 4) is 0 Å². The van der Waals surface area contributed by atoms with Gasteiger partial charge in [0.05, 0.1) is 12.1 Å². The van der Waals surface area contributed by atoms with Crippen molar-refractivity contribution in [3.63, 3.8) is 0 Å². The number of amides is 2. The molecule has 1 saturated heterocycles. The lowest BCUT2D eigenvalue weighted by Crippen LogP contribution is -2.51. The van der Waals surface area contributed by atoms with Gasteiger partial charge in [-0.3, -0.25) is 14.5 Å². The topological polar surface area (TPSA) is 70.7 Å². The number of rotatable bonds is 9. The van der Waals surface area contributed by atoms with E-state index in [1.54, 1.807) is 0 Å². The van der Waals surface area contributed by atoms with Crippen molar-refractivity contribution >= 4 is 11.8 Å². The summed E-state index contributed by atoms with van der Waals surface area (Å²) in [6, 6.07) is 0.265. The summed E-state index contributed by atoms with van der Waals surface area (Å²) in [5.74, 6) is 0.365.